The number of nitrogens with zero attached hydrogens (tertiary/aromatic N) is 1. The highest BCUT2D eigenvalue weighted by molar-refractivity contribution is 7.89. The molecule has 8 nitrogen and oxygen atoms in total. The molecule has 0 heterocycles. The number of primary sulfonamides is 1. The van der Waals surface area contributed by atoms with Crippen LogP contribution in [0.2, 0.25) is 0 Å². The molecule has 0 aliphatic carbocycles. The molecule has 0 unspecified atom stereocenters. The summed E-state index contributed by atoms with van der Waals surface area (Å²) < 4.78 is 36.2. The van der Waals surface area contributed by atoms with E-state index in [1.165, 1.54) is 23.1 Å². The van der Waals surface area contributed by atoms with Crippen LogP contribution in [0.25, 0.3) is 0 Å². The Bertz CT molecular complexity index is 981. The van der Waals surface area contributed by atoms with Gasteiger partial charge in [-0.3, -0.25) is 9.59 Å². The van der Waals surface area contributed by atoms with Crippen molar-refractivity contribution in [3.8, 4) is 0 Å². The average molecular weight is 437 g/mol. The van der Waals surface area contributed by atoms with Gasteiger partial charge in [-0.25, -0.2) is 17.9 Å². The van der Waals surface area contributed by atoms with E-state index in [1.807, 2.05) is 0 Å². The van der Waals surface area contributed by atoms with Crippen molar-refractivity contribution >= 4 is 21.8 Å². The van der Waals surface area contributed by atoms with Gasteiger partial charge in [-0.2, -0.15) is 0 Å². The maximum atomic E-state index is 13.6. The van der Waals surface area contributed by atoms with Crippen LogP contribution in [0.4, 0.5) is 4.39 Å². The van der Waals surface area contributed by atoms with Crippen LogP contribution in [-0.2, 0) is 32.5 Å². The van der Waals surface area contributed by atoms with Gasteiger partial charge >= 0.3 is 0 Å². The summed E-state index contributed by atoms with van der Waals surface area (Å²) in [5, 5.41) is 8.01. The topological polar surface area (TPSA) is 136 Å². The van der Waals surface area contributed by atoms with Crippen molar-refractivity contribution in [1.82, 2.24) is 10.2 Å². The molecule has 0 aliphatic rings. The standard InChI is InChI=1S/C20H25FN4O4S/c21-18-4-2-1-3-16(18)9-11-24-13-20(27)25(14-19(22)26)12-10-15-5-7-17(8-6-15)30(23,28)29/h1-8,24H,9-14H2,(H2,22,26)(H2,23,28,29). The molecule has 0 saturated carbocycles. The maximum absolute atomic E-state index is 13.6. The van der Waals surface area contributed by atoms with Crippen LogP contribution < -0.4 is 16.2 Å². The van der Waals surface area contributed by atoms with Gasteiger partial charge in [0.05, 0.1) is 18.0 Å². The van der Waals surface area contributed by atoms with E-state index in [1.54, 1.807) is 30.3 Å². The fourth-order valence-corrected chi connectivity index (χ4v) is 3.34. The highest BCUT2D eigenvalue weighted by Gasteiger charge is 2.16. The highest BCUT2D eigenvalue weighted by atomic mass is 32.2. The zero-order valence-corrected chi connectivity index (χ0v) is 17.2. The number of hydrogen-bond donors (Lipinski definition) is 3. The quantitative estimate of drug-likeness (QED) is 0.431. The second-order valence-corrected chi connectivity index (χ2v) is 8.30. The predicted molar refractivity (Wildman–Crippen MR) is 110 cm³/mol. The lowest BCUT2D eigenvalue weighted by molar-refractivity contribution is -0.134. The SMILES string of the molecule is NC(=O)CN(CCc1ccc(S(N)(=O)=O)cc1)C(=O)CNCCc1ccccc1F. The van der Waals surface area contributed by atoms with Crippen LogP contribution in [0.15, 0.2) is 53.4 Å². The monoisotopic (exact) mass is 436 g/mol. The molecule has 0 fully saturated rings. The molecule has 2 rings (SSSR count). The molecule has 10 heteroatoms. The number of carbonyl (C=O) groups excluding carboxylic acids is 2. The molecular weight excluding hydrogens is 411 g/mol. The van der Waals surface area contributed by atoms with Gasteiger partial charge in [-0.1, -0.05) is 30.3 Å². The number of nitrogens with one attached hydrogen (secondary N) is 1. The van der Waals surface area contributed by atoms with E-state index in [0.29, 0.717) is 24.9 Å². The average Bonchev–Trinajstić information content (AvgIpc) is 2.69. The van der Waals surface area contributed by atoms with Crippen LogP contribution in [0.3, 0.4) is 0 Å². The molecule has 0 atom stereocenters. The van der Waals surface area contributed by atoms with E-state index in [-0.39, 0.29) is 36.3 Å². The molecule has 0 spiro atoms. The minimum absolute atomic E-state index is 0.00429. The van der Waals surface area contributed by atoms with Gasteiger partial charge in [0, 0.05) is 6.54 Å². The Morgan fingerprint density at radius 3 is 2.30 bits per heavy atom. The van der Waals surface area contributed by atoms with E-state index >= 15 is 0 Å². The Labute approximate surface area is 175 Å². The summed E-state index contributed by atoms with van der Waals surface area (Å²) >= 11 is 0. The van der Waals surface area contributed by atoms with Gasteiger partial charge in [0.1, 0.15) is 5.82 Å². The van der Waals surface area contributed by atoms with E-state index in [4.69, 9.17) is 10.9 Å². The van der Waals surface area contributed by atoms with Crippen LogP contribution in [0, 0.1) is 5.82 Å². The summed E-state index contributed by atoms with van der Waals surface area (Å²) in [5.41, 5.74) is 6.57. The number of nitrogens with two attached hydrogens (primary N) is 2. The van der Waals surface area contributed by atoms with Gasteiger partial charge in [0.15, 0.2) is 0 Å². The molecule has 2 aromatic rings. The number of sulfonamides is 1. The first kappa shape index (κ1) is 23.5. The summed E-state index contributed by atoms with van der Waals surface area (Å²) in [7, 11) is -3.77. The normalized spacial score (nSPS) is 11.3. The highest BCUT2D eigenvalue weighted by Crippen LogP contribution is 2.10. The fraction of sp³-hybridized carbons (Fsp3) is 0.300. The molecular formula is C20H25FN4O4S. The zero-order valence-electron chi connectivity index (χ0n) is 16.4. The smallest absolute Gasteiger partial charge is 0.238 e. The second-order valence-electron chi connectivity index (χ2n) is 6.74. The Morgan fingerprint density at radius 2 is 1.70 bits per heavy atom. The number of rotatable bonds is 11. The third kappa shape index (κ3) is 7.54. The molecule has 162 valence electrons. The number of hydrogen-bond acceptors (Lipinski definition) is 5. The molecule has 5 N–H and O–H groups in total. The van der Waals surface area contributed by atoms with Gasteiger partial charge in [-0.15, -0.1) is 0 Å². The van der Waals surface area contributed by atoms with Crippen LogP contribution in [0.5, 0.6) is 0 Å². The van der Waals surface area contributed by atoms with Crippen molar-refractivity contribution in [3.05, 3.63) is 65.5 Å². The van der Waals surface area contributed by atoms with Crippen molar-refractivity contribution in [3.63, 3.8) is 0 Å². The molecule has 30 heavy (non-hydrogen) atoms. The number of benzene rings is 2. The van der Waals surface area contributed by atoms with Crippen molar-refractivity contribution < 1.29 is 22.4 Å². The van der Waals surface area contributed by atoms with Gasteiger partial charge in [0.2, 0.25) is 21.8 Å². The van der Waals surface area contributed by atoms with Crippen LogP contribution >= 0.6 is 0 Å². The number of amides is 2. The van der Waals surface area contributed by atoms with Gasteiger partial charge in [-0.05, 0) is 48.7 Å². The first-order valence-electron chi connectivity index (χ1n) is 9.29. The summed E-state index contributed by atoms with van der Waals surface area (Å²) in [6.07, 6.45) is 0.825. The van der Waals surface area contributed by atoms with E-state index < -0.39 is 15.9 Å². The maximum Gasteiger partial charge on any atom is 0.238 e. The lowest BCUT2D eigenvalue weighted by Gasteiger charge is -2.21. The third-order valence-corrected chi connectivity index (χ3v) is 5.36. The predicted octanol–water partition coefficient (Wildman–Crippen LogP) is 0.162. The largest absolute Gasteiger partial charge is 0.368 e. The molecule has 0 radical (unpaired) electrons. The molecule has 0 bridgehead atoms. The zero-order chi connectivity index (χ0) is 22.1. The lowest BCUT2D eigenvalue weighted by atomic mass is 10.1. The molecule has 2 aromatic carbocycles. The van der Waals surface area contributed by atoms with Crippen molar-refractivity contribution in [2.45, 2.75) is 17.7 Å². The van der Waals surface area contributed by atoms with Crippen molar-refractivity contribution in [2.24, 2.45) is 10.9 Å². The van der Waals surface area contributed by atoms with Crippen molar-refractivity contribution in [1.29, 1.82) is 0 Å². The fourth-order valence-electron chi connectivity index (χ4n) is 2.82. The number of halogens is 1. The Morgan fingerprint density at radius 1 is 1.03 bits per heavy atom. The minimum Gasteiger partial charge on any atom is -0.368 e. The van der Waals surface area contributed by atoms with Crippen LogP contribution in [-0.4, -0.2) is 51.3 Å². The third-order valence-electron chi connectivity index (χ3n) is 4.43. The Hall–Kier alpha value is -2.82. The van der Waals surface area contributed by atoms with E-state index in [0.717, 1.165) is 5.56 Å². The minimum atomic E-state index is -3.77. The molecule has 0 aliphatic heterocycles. The second kappa shape index (κ2) is 10.8. The van der Waals surface area contributed by atoms with Crippen LogP contribution in [0.1, 0.15) is 11.1 Å². The van der Waals surface area contributed by atoms with Gasteiger partial charge in [0.25, 0.3) is 0 Å². The van der Waals surface area contributed by atoms with E-state index in [9.17, 15) is 22.4 Å². The Kier molecular flexibility index (Phi) is 8.46. The van der Waals surface area contributed by atoms with E-state index in [2.05, 4.69) is 5.32 Å². The lowest BCUT2D eigenvalue weighted by Crippen LogP contribution is -2.44. The Balaban J connectivity index is 1.87. The molecule has 2 amide bonds. The van der Waals surface area contributed by atoms with Gasteiger partial charge < -0.3 is 16.0 Å². The summed E-state index contributed by atoms with van der Waals surface area (Å²) in [4.78, 5) is 25.1. The first-order valence-corrected chi connectivity index (χ1v) is 10.8. The first-order chi connectivity index (χ1) is 14.2. The number of carbonyl (C=O) groups is 2. The molecule has 0 saturated heterocycles. The summed E-state index contributed by atoms with van der Waals surface area (Å²) in [5.74, 6) is -1.25. The molecule has 0 aromatic heterocycles. The summed E-state index contributed by atoms with van der Waals surface area (Å²) in [6, 6.07) is 12.4. The number of primary amides is 1. The van der Waals surface area contributed by atoms with Crippen molar-refractivity contribution in [2.75, 3.05) is 26.2 Å². The summed E-state index contributed by atoms with van der Waals surface area (Å²) in [6.45, 7) is 0.368.